The molecule has 4 aliphatic rings. The number of halogens is 1. The summed E-state index contributed by atoms with van der Waals surface area (Å²) >= 11 is 0. The van der Waals surface area contributed by atoms with E-state index in [-0.39, 0.29) is 17.2 Å². The van der Waals surface area contributed by atoms with E-state index in [0.29, 0.717) is 36.7 Å². The standard InChI is InChI=1S/C27H38FN7O/c1-26(2)17-14-20(24(36)29-4)27(3,21(26)15-17)33-23-10-11-30-25(32-23)31-18-6-8-19(9-7-18)35-13-12-34(5)22(28)16-35/h6-11,17,20-22H,12-16H2,1-5H3,(H,29,36)(H2,30,31,32,33)/t17-,20-,21-,22?,27+/m1/s1. The Kier molecular flexibility index (Phi) is 6.31. The molecule has 4 fully saturated rings. The van der Waals surface area contributed by atoms with Gasteiger partial charge in [0.15, 0.2) is 6.30 Å². The van der Waals surface area contributed by atoms with Gasteiger partial charge in [0.05, 0.1) is 18.0 Å². The van der Waals surface area contributed by atoms with Gasteiger partial charge >= 0.3 is 0 Å². The smallest absolute Gasteiger partial charge is 0.229 e. The molecule has 1 amide bonds. The van der Waals surface area contributed by atoms with Crippen LogP contribution in [0, 0.1) is 23.2 Å². The van der Waals surface area contributed by atoms with Gasteiger partial charge < -0.3 is 20.9 Å². The van der Waals surface area contributed by atoms with E-state index >= 15 is 0 Å². The number of anilines is 4. The maximum atomic E-state index is 14.1. The number of nitrogens with zero attached hydrogens (tertiary/aromatic N) is 4. The molecular weight excluding hydrogens is 457 g/mol. The lowest BCUT2D eigenvalue weighted by atomic mass is 9.40. The van der Waals surface area contributed by atoms with E-state index < -0.39 is 11.8 Å². The zero-order valence-corrected chi connectivity index (χ0v) is 21.9. The summed E-state index contributed by atoms with van der Waals surface area (Å²) in [6.07, 6.45) is 2.79. The first-order valence-electron chi connectivity index (χ1n) is 12.9. The van der Waals surface area contributed by atoms with Crippen molar-refractivity contribution in [1.29, 1.82) is 0 Å². The molecule has 1 aromatic carbocycles. The van der Waals surface area contributed by atoms with Gasteiger partial charge in [0, 0.05) is 37.7 Å². The minimum Gasteiger partial charge on any atom is -0.366 e. The lowest BCUT2D eigenvalue weighted by Crippen LogP contribution is -2.69. The summed E-state index contributed by atoms with van der Waals surface area (Å²) in [5.41, 5.74) is 1.65. The zero-order chi connectivity index (χ0) is 25.7. The molecule has 3 aliphatic carbocycles. The fourth-order valence-electron chi connectivity index (χ4n) is 6.65. The molecule has 194 valence electrons. The van der Waals surface area contributed by atoms with Crippen molar-refractivity contribution < 1.29 is 9.18 Å². The summed E-state index contributed by atoms with van der Waals surface area (Å²) in [5, 5.41) is 9.80. The van der Waals surface area contributed by atoms with Crippen LogP contribution in [-0.2, 0) is 4.79 Å². The summed E-state index contributed by atoms with van der Waals surface area (Å²) in [6.45, 7) is 8.68. The maximum Gasteiger partial charge on any atom is 0.229 e. The van der Waals surface area contributed by atoms with E-state index in [1.165, 1.54) is 0 Å². The number of piperazine rings is 1. The minimum absolute atomic E-state index is 0.0853. The number of benzene rings is 1. The van der Waals surface area contributed by atoms with Crippen molar-refractivity contribution in [2.75, 3.05) is 49.3 Å². The second kappa shape index (κ2) is 9.18. The molecule has 2 heterocycles. The van der Waals surface area contributed by atoms with E-state index in [0.717, 1.165) is 30.8 Å². The first-order chi connectivity index (χ1) is 17.1. The third-order valence-electron chi connectivity index (χ3n) is 9.11. The first-order valence-corrected chi connectivity index (χ1v) is 12.9. The Morgan fingerprint density at radius 3 is 2.53 bits per heavy atom. The number of nitrogens with one attached hydrogen (secondary N) is 3. The van der Waals surface area contributed by atoms with Crippen LogP contribution in [0.3, 0.4) is 0 Å². The Morgan fingerprint density at radius 2 is 1.86 bits per heavy atom. The quantitative estimate of drug-likeness (QED) is 0.525. The number of rotatable bonds is 6. The highest BCUT2D eigenvalue weighted by atomic mass is 19.1. The molecular formula is C27H38FN7O. The molecule has 5 atom stereocenters. The van der Waals surface area contributed by atoms with E-state index in [9.17, 15) is 9.18 Å². The van der Waals surface area contributed by atoms with Crippen LogP contribution in [0.2, 0.25) is 0 Å². The van der Waals surface area contributed by atoms with Crippen LogP contribution in [0.15, 0.2) is 36.5 Å². The number of carbonyl (C=O) groups is 1. The van der Waals surface area contributed by atoms with Crippen molar-refractivity contribution in [3.8, 4) is 0 Å². The molecule has 0 radical (unpaired) electrons. The summed E-state index contributed by atoms with van der Waals surface area (Å²) in [7, 11) is 3.53. The van der Waals surface area contributed by atoms with Crippen molar-refractivity contribution in [3.05, 3.63) is 36.5 Å². The number of fused-ring (bicyclic) bond motifs is 2. The molecule has 0 spiro atoms. The minimum atomic E-state index is -0.953. The van der Waals surface area contributed by atoms with Gasteiger partial charge in [-0.3, -0.25) is 9.69 Å². The lowest BCUT2D eigenvalue weighted by Gasteiger charge is -2.66. The van der Waals surface area contributed by atoms with Crippen LogP contribution in [-0.4, -0.2) is 66.3 Å². The number of likely N-dealkylation sites (N-methyl/N-ethyl adjacent to an activating group) is 1. The molecule has 8 nitrogen and oxygen atoms in total. The fourth-order valence-corrected chi connectivity index (χ4v) is 6.65. The van der Waals surface area contributed by atoms with Crippen LogP contribution in [0.4, 0.5) is 27.5 Å². The molecule has 9 heteroatoms. The Labute approximate surface area is 213 Å². The molecule has 2 aromatic rings. The van der Waals surface area contributed by atoms with Crippen molar-refractivity contribution >= 4 is 29.0 Å². The fraction of sp³-hybridized carbons (Fsp3) is 0.593. The van der Waals surface area contributed by atoms with E-state index in [1.54, 1.807) is 18.1 Å². The average molecular weight is 496 g/mol. The molecule has 1 unspecified atom stereocenters. The van der Waals surface area contributed by atoms with Crippen molar-refractivity contribution in [2.45, 2.75) is 45.4 Å². The summed E-state index contributed by atoms with van der Waals surface area (Å²) in [5.74, 6) is 2.11. The van der Waals surface area contributed by atoms with Crippen molar-refractivity contribution in [3.63, 3.8) is 0 Å². The number of carbonyl (C=O) groups excluding carboxylic acids is 1. The molecule has 1 saturated heterocycles. The molecule has 3 saturated carbocycles. The molecule has 6 rings (SSSR count). The maximum absolute atomic E-state index is 14.1. The van der Waals surface area contributed by atoms with Crippen LogP contribution in [0.25, 0.3) is 0 Å². The Morgan fingerprint density at radius 1 is 1.11 bits per heavy atom. The highest BCUT2D eigenvalue weighted by molar-refractivity contribution is 5.81. The van der Waals surface area contributed by atoms with Gasteiger partial charge in [-0.05, 0) is 74.4 Å². The number of hydrogen-bond donors (Lipinski definition) is 3. The highest BCUT2D eigenvalue weighted by Gasteiger charge is 2.64. The Bertz CT molecular complexity index is 1110. The molecule has 36 heavy (non-hydrogen) atoms. The molecule has 1 aromatic heterocycles. The molecule has 1 aliphatic heterocycles. The monoisotopic (exact) mass is 495 g/mol. The number of amides is 1. The molecule has 2 bridgehead atoms. The average Bonchev–Trinajstić information content (AvgIpc) is 2.85. The SMILES string of the molecule is CNC(=O)[C@H]1C[C@@H]2C[C@H](C2(C)C)[C@@]1(C)Nc1ccnc(Nc2ccc(N3CCN(C)C(F)C3)cc2)n1. The topological polar surface area (TPSA) is 85.4 Å². The lowest BCUT2D eigenvalue weighted by molar-refractivity contribution is -0.155. The highest BCUT2D eigenvalue weighted by Crippen LogP contribution is 2.65. The van der Waals surface area contributed by atoms with Crippen LogP contribution in [0.5, 0.6) is 0 Å². The first kappa shape index (κ1) is 24.7. The summed E-state index contributed by atoms with van der Waals surface area (Å²) < 4.78 is 14.1. The zero-order valence-electron chi connectivity index (χ0n) is 21.9. The number of aromatic nitrogens is 2. The predicted molar refractivity (Wildman–Crippen MR) is 141 cm³/mol. The van der Waals surface area contributed by atoms with Crippen LogP contribution >= 0.6 is 0 Å². The van der Waals surface area contributed by atoms with Gasteiger partial charge in [0.2, 0.25) is 11.9 Å². The number of hydrogen-bond acceptors (Lipinski definition) is 7. The van der Waals surface area contributed by atoms with Gasteiger partial charge in [-0.1, -0.05) is 13.8 Å². The van der Waals surface area contributed by atoms with E-state index in [4.69, 9.17) is 4.98 Å². The van der Waals surface area contributed by atoms with E-state index in [1.807, 2.05) is 37.4 Å². The van der Waals surface area contributed by atoms with Gasteiger partial charge in [-0.15, -0.1) is 0 Å². The van der Waals surface area contributed by atoms with Gasteiger partial charge in [0.1, 0.15) is 5.82 Å². The second-order valence-corrected chi connectivity index (χ2v) is 11.4. The van der Waals surface area contributed by atoms with Gasteiger partial charge in [-0.2, -0.15) is 4.98 Å². The Balaban J connectivity index is 1.30. The summed E-state index contributed by atoms with van der Waals surface area (Å²) in [4.78, 5) is 25.7. The number of alkyl halides is 1. The third-order valence-corrected chi connectivity index (χ3v) is 9.11. The van der Waals surface area contributed by atoms with E-state index in [2.05, 4.69) is 46.6 Å². The van der Waals surface area contributed by atoms with Crippen molar-refractivity contribution in [2.24, 2.45) is 23.2 Å². The Hall–Kier alpha value is -2.94. The largest absolute Gasteiger partial charge is 0.366 e. The second-order valence-electron chi connectivity index (χ2n) is 11.4. The van der Waals surface area contributed by atoms with Crippen LogP contribution in [0.1, 0.15) is 33.6 Å². The van der Waals surface area contributed by atoms with Gasteiger partial charge in [-0.25, -0.2) is 9.37 Å². The normalized spacial score (nSPS) is 31.3. The molecule has 3 N–H and O–H groups in total. The third kappa shape index (κ3) is 4.27. The summed E-state index contributed by atoms with van der Waals surface area (Å²) in [6, 6.07) is 9.78. The van der Waals surface area contributed by atoms with Crippen LogP contribution < -0.4 is 20.9 Å². The predicted octanol–water partition coefficient (Wildman–Crippen LogP) is 3.87. The van der Waals surface area contributed by atoms with Crippen molar-refractivity contribution in [1.82, 2.24) is 20.2 Å². The van der Waals surface area contributed by atoms with Gasteiger partial charge in [0.25, 0.3) is 0 Å².